The largest absolute Gasteiger partial charge is 0.467 e. The molecule has 0 saturated carbocycles. The number of hydrogen-bond donors (Lipinski definition) is 1. The Labute approximate surface area is 151 Å². The van der Waals surface area contributed by atoms with Crippen molar-refractivity contribution in [1.82, 2.24) is 25.0 Å². The van der Waals surface area contributed by atoms with Crippen molar-refractivity contribution in [2.24, 2.45) is 5.92 Å². The van der Waals surface area contributed by atoms with Crippen LogP contribution in [0.2, 0.25) is 0 Å². The Balaban J connectivity index is 1.33. The Morgan fingerprint density at radius 1 is 1.31 bits per heavy atom. The van der Waals surface area contributed by atoms with Crippen LogP contribution < -0.4 is 5.32 Å². The van der Waals surface area contributed by atoms with Crippen molar-refractivity contribution in [2.45, 2.75) is 51.7 Å². The van der Waals surface area contributed by atoms with E-state index in [1.54, 1.807) is 17.2 Å². The molecule has 0 aliphatic carbocycles. The van der Waals surface area contributed by atoms with Gasteiger partial charge in [-0.05, 0) is 25.0 Å². The molecule has 1 saturated heterocycles. The number of carbonyl (C=O) groups is 2. The molecule has 0 aromatic carbocycles. The van der Waals surface area contributed by atoms with Crippen LogP contribution in [-0.2, 0) is 35.6 Å². The lowest BCUT2D eigenvalue weighted by atomic mass is 10.1. The lowest BCUT2D eigenvalue weighted by Crippen LogP contribution is -2.33. The first-order valence-corrected chi connectivity index (χ1v) is 9.19. The molecule has 2 aromatic heterocycles. The van der Waals surface area contributed by atoms with Gasteiger partial charge in [0.25, 0.3) is 0 Å². The van der Waals surface area contributed by atoms with Gasteiger partial charge in [-0.3, -0.25) is 9.59 Å². The molecule has 0 radical (unpaired) electrons. The Hall–Kier alpha value is -2.64. The molecule has 2 amide bonds. The molecular weight excluding hydrogens is 334 g/mol. The van der Waals surface area contributed by atoms with E-state index in [-0.39, 0.29) is 24.2 Å². The molecule has 4 heterocycles. The Morgan fingerprint density at radius 3 is 3.08 bits per heavy atom. The number of hydrogen-bond acceptors (Lipinski definition) is 5. The summed E-state index contributed by atoms with van der Waals surface area (Å²) in [5.74, 6) is 2.08. The molecule has 2 aliphatic heterocycles. The summed E-state index contributed by atoms with van der Waals surface area (Å²) < 4.78 is 7.41. The summed E-state index contributed by atoms with van der Waals surface area (Å²) in [5, 5.41) is 11.4. The maximum absolute atomic E-state index is 12.5. The number of aromatic nitrogens is 3. The Morgan fingerprint density at radius 2 is 2.23 bits per heavy atom. The van der Waals surface area contributed by atoms with Crippen LogP contribution in [0.1, 0.15) is 43.1 Å². The van der Waals surface area contributed by atoms with Crippen molar-refractivity contribution < 1.29 is 14.0 Å². The molecule has 2 aliphatic rings. The molecular formula is C18H23N5O3. The van der Waals surface area contributed by atoms with Gasteiger partial charge >= 0.3 is 0 Å². The third-order valence-electron chi connectivity index (χ3n) is 5.12. The second-order valence-electron chi connectivity index (χ2n) is 6.97. The van der Waals surface area contributed by atoms with Crippen LogP contribution >= 0.6 is 0 Å². The third-order valence-corrected chi connectivity index (χ3v) is 5.12. The summed E-state index contributed by atoms with van der Waals surface area (Å²) in [7, 11) is 0. The lowest BCUT2D eigenvalue weighted by Gasteiger charge is -2.15. The van der Waals surface area contributed by atoms with Crippen LogP contribution in [0, 0.1) is 5.92 Å². The van der Waals surface area contributed by atoms with Gasteiger partial charge in [-0.25, -0.2) is 0 Å². The van der Waals surface area contributed by atoms with Crippen molar-refractivity contribution in [3.63, 3.8) is 0 Å². The van der Waals surface area contributed by atoms with Gasteiger partial charge in [-0.15, -0.1) is 10.2 Å². The third kappa shape index (κ3) is 3.49. The summed E-state index contributed by atoms with van der Waals surface area (Å²) in [4.78, 5) is 26.3. The van der Waals surface area contributed by atoms with Crippen LogP contribution in [0.5, 0.6) is 0 Å². The molecule has 26 heavy (non-hydrogen) atoms. The molecule has 8 heteroatoms. The second-order valence-corrected chi connectivity index (χ2v) is 6.97. The first-order valence-electron chi connectivity index (χ1n) is 9.19. The number of aryl methyl sites for hydroxylation is 1. The topological polar surface area (TPSA) is 93.3 Å². The first-order chi connectivity index (χ1) is 12.7. The number of likely N-dealkylation sites (tertiary alicyclic amines) is 1. The highest BCUT2D eigenvalue weighted by molar-refractivity contribution is 5.89. The fourth-order valence-corrected chi connectivity index (χ4v) is 3.68. The monoisotopic (exact) mass is 357 g/mol. The van der Waals surface area contributed by atoms with Crippen LogP contribution in [-0.4, -0.2) is 38.0 Å². The van der Waals surface area contributed by atoms with E-state index in [0.717, 1.165) is 43.2 Å². The highest BCUT2D eigenvalue weighted by Crippen LogP contribution is 2.21. The van der Waals surface area contributed by atoms with Gasteiger partial charge in [0, 0.05) is 25.9 Å². The van der Waals surface area contributed by atoms with Gasteiger partial charge in [-0.2, -0.15) is 0 Å². The van der Waals surface area contributed by atoms with E-state index in [1.807, 2.05) is 6.07 Å². The number of fused-ring (bicyclic) bond motifs is 1. The Bertz CT molecular complexity index is 783. The van der Waals surface area contributed by atoms with Crippen molar-refractivity contribution in [2.75, 3.05) is 6.54 Å². The normalized spacial score (nSPS) is 20.1. The maximum Gasteiger partial charge on any atom is 0.225 e. The van der Waals surface area contributed by atoms with Crippen LogP contribution in [0.3, 0.4) is 0 Å². The average molecular weight is 357 g/mol. The van der Waals surface area contributed by atoms with Crippen LogP contribution in [0.15, 0.2) is 22.8 Å². The molecule has 1 N–H and O–H groups in total. The summed E-state index contributed by atoms with van der Waals surface area (Å²) in [6.07, 6.45) is 6.22. The highest BCUT2D eigenvalue weighted by Gasteiger charge is 2.34. The quantitative estimate of drug-likeness (QED) is 0.870. The SMILES string of the molecule is O=C(NCc1nnc2n1CCCCC2)C1CC(=O)N(Cc2ccco2)C1. The van der Waals surface area contributed by atoms with Crippen LogP contribution in [0.25, 0.3) is 0 Å². The van der Waals surface area contributed by atoms with Gasteiger partial charge in [0.05, 0.1) is 25.3 Å². The number of carbonyl (C=O) groups excluding carboxylic acids is 2. The van der Waals surface area contributed by atoms with E-state index < -0.39 is 0 Å². The smallest absolute Gasteiger partial charge is 0.225 e. The van der Waals surface area contributed by atoms with E-state index in [9.17, 15) is 9.59 Å². The van der Waals surface area contributed by atoms with E-state index in [2.05, 4.69) is 20.1 Å². The molecule has 0 bridgehead atoms. The van der Waals surface area contributed by atoms with Crippen molar-refractivity contribution >= 4 is 11.8 Å². The van der Waals surface area contributed by atoms with Crippen molar-refractivity contribution in [1.29, 1.82) is 0 Å². The predicted octanol–water partition coefficient (Wildman–Crippen LogP) is 1.26. The minimum absolute atomic E-state index is 0.0158. The molecule has 138 valence electrons. The second kappa shape index (κ2) is 7.31. The summed E-state index contributed by atoms with van der Waals surface area (Å²) in [5.41, 5.74) is 0. The minimum atomic E-state index is -0.330. The fraction of sp³-hybridized carbons (Fsp3) is 0.556. The van der Waals surface area contributed by atoms with Gasteiger partial charge in [0.15, 0.2) is 5.82 Å². The molecule has 8 nitrogen and oxygen atoms in total. The van der Waals surface area contributed by atoms with Crippen LogP contribution in [0.4, 0.5) is 0 Å². The standard InChI is InChI=1S/C18H23N5O3/c24-17-9-13(11-22(17)12-14-5-4-8-26-14)18(25)19-10-16-21-20-15-6-2-1-3-7-23(15)16/h4-5,8,13H,1-3,6-7,9-12H2,(H,19,25). The average Bonchev–Trinajstić information content (AvgIpc) is 3.32. The number of amides is 2. The van der Waals surface area contributed by atoms with Crippen molar-refractivity contribution in [3.8, 4) is 0 Å². The van der Waals surface area contributed by atoms with E-state index in [4.69, 9.17) is 4.42 Å². The molecule has 2 aromatic rings. The summed E-state index contributed by atoms with van der Waals surface area (Å²) in [6, 6.07) is 3.62. The zero-order chi connectivity index (χ0) is 17.9. The van der Waals surface area contributed by atoms with Gasteiger partial charge in [-0.1, -0.05) is 6.42 Å². The molecule has 1 unspecified atom stereocenters. The molecule has 1 fully saturated rings. The van der Waals surface area contributed by atoms with Gasteiger partial charge in [0.2, 0.25) is 11.8 Å². The van der Waals surface area contributed by atoms with E-state index in [0.29, 0.717) is 19.6 Å². The fourth-order valence-electron chi connectivity index (χ4n) is 3.68. The maximum atomic E-state index is 12.5. The number of nitrogens with one attached hydrogen (secondary N) is 1. The number of nitrogens with zero attached hydrogens (tertiary/aromatic N) is 4. The lowest BCUT2D eigenvalue weighted by molar-refractivity contribution is -0.129. The predicted molar refractivity (Wildman–Crippen MR) is 91.7 cm³/mol. The summed E-state index contributed by atoms with van der Waals surface area (Å²) >= 11 is 0. The van der Waals surface area contributed by atoms with E-state index >= 15 is 0 Å². The molecule has 1 atom stereocenters. The number of rotatable bonds is 5. The van der Waals surface area contributed by atoms with Gasteiger partial charge < -0.3 is 19.2 Å². The molecule has 0 spiro atoms. The number of furan rings is 1. The van der Waals surface area contributed by atoms with Crippen molar-refractivity contribution in [3.05, 3.63) is 35.8 Å². The first kappa shape index (κ1) is 16.8. The zero-order valence-corrected chi connectivity index (χ0v) is 14.7. The van der Waals surface area contributed by atoms with Gasteiger partial charge in [0.1, 0.15) is 11.6 Å². The summed E-state index contributed by atoms with van der Waals surface area (Å²) in [6.45, 7) is 2.09. The van der Waals surface area contributed by atoms with E-state index in [1.165, 1.54) is 6.42 Å². The molecule has 4 rings (SSSR count). The minimum Gasteiger partial charge on any atom is -0.467 e. The zero-order valence-electron chi connectivity index (χ0n) is 14.7. The highest BCUT2D eigenvalue weighted by atomic mass is 16.3. The Kier molecular flexibility index (Phi) is 4.73.